The molecule has 3 nitrogen and oxygen atoms in total. The SMILES string of the molecule is C[Si](C)(C)c1cnc(-c2[c-]cccc2)cc1CC1CCCCC1.Cc1cnc(-c2[c-]cncc2)cc1-c1ccccc1.[Ir]. The first kappa shape index (κ1) is 32.7. The summed E-state index contributed by atoms with van der Waals surface area (Å²) in [6, 6.07) is 31.3. The van der Waals surface area contributed by atoms with Crippen molar-refractivity contribution in [2.75, 3.05) is 0 Å². The molecule has 5 aromatic rings. The summed E-state index contributed by atoms with van der Waals surface area (Å²) in [6.07, 6.45) is 15.8. The number of hydrogen-bond acceptors (Lipinski definition) is 3. The van der Waals surface area contributed by atoms with Crippen LogP contribution in [0.25, 0.3) is 33.6 Å². The van der Waals surface area contributed by atoms with Crippen molar-refractivity contribution < 1.29 is 20.1 Å². The van der Waals surface area contributed by atoms with Crippen LogP contribution in [0.4, 0.5) is 0 Å². The Morgan fingerprint density at radius 3 is 2.16 bits per heavy atom. The van der Waals surface area contributed by atoms with E-state index in [9.17, 15) is 0 Å². The molecule has 0 amide bonds. The minimum absolute atomic E-state index is 0. The van der Waals surface area contributed by atoms with Gasteiger partial charge in [-0.1, -0.05) is 99.8 Å². The predicted molar refractivity (Wildman–Crippen MR) is 178 cm³/mol. The number of nitrogens with zero attached hydrogens (tertiary/aromatic N) is 3. The van der Waals surface area contributed by atoms with E-state index in [1.165, 1.54) is 55.2 Å². The van der Waals surface area contributed by atoms with Gasteiger partial charge in [0.05, 0.1) is 8.07 Å². The average molecular weight is 760 g/mol. The molecule has 0 N–H and O–H groups in total. The van der Waals surface area contributed by atoms with Gasteiger partial charge in [0.2, 0.25) is 0 Å². The number of aromatic nitrogens is 3. The molecular formula is C38H41IrN3Si-2. The molecular weight excluding hydrogens is 719 g/mol. The van der Waals surface area contributed by atoms with Crippen LogP contribution in [0.1, 0.15) is 43.2 Å². The van der Waals surface area contributed by atoms with Crippen LogP contribution < -0.4 is 5.19 Å². The second-order valence-corrected chi connectivity index (χ2v) is 17.4. The second-order valence-electron chi connectivity index (χ2n) is 12.4. The zero-order valence-corrected chi connectivity index (χ0v) is 29.1. The first-order valence-corrected chi connectivity index (χ1v) is 18.7. The molecule has 2 aromatic carbocycles. The van der Waals surface area contributed by atoms with Crippen molar-refractivity contribution in [3.05, 3.63) is 121 Å². The van der Waals surface area contributed by atoms with Gasteiger partial charge in [0, 0.05) is 32.5 Å². The number of pyridine rings is 3. The van der Waals surface area contributed by atoms with Crippen molar-refractivity contribution in [3.63, 3.8) is 0 Å². The molecule has 43 heavy (non-hydrogen) atoms. The van der Waals surface area contributed by atoms with Gasteiger partial charge in [0.15, 0.2) is 0 Å². The third-order valence-corrected chi connectivity index (χ3v) is 10.2. The fourth-order valence-corrected chi connectivity index (χ4v) is 7.41. The van der Waals surface area contributed by atoms with Gasteiger partial charge in [0.25, 0.3) is 0 Å². The van der Waals surface area contributed by atoms with E-state index in [-0.39, 0.29) is 20.1 Å². The van der Waals surface area contributed by atoms with Crippen molar-refractivity contribution in [2.45, 2.75) is 65.1 Å². The van der Waals surface area contributed by atoms with E-state index < -0.39 is 8.07 Å². The first-order valence-electron chi connectivity index (χ1n) is 15.2. The molecule has 223 valence electrons. The topological polar surface area (TPSA) is 38.7 Å². The smallest absolute Gasteiger partial charge is 0.0798 e. The van der Waals surface area contributed by atoms with E-state index in [0.717, 1.165) is 28.4 Å². The van der Waals surface area contributed by atoms with Crippen LogP contribution in [0, 0.1) is 25.0 Å². The summed E-state index contributed by atoms with van der Waals surface area (Å²) < 4.78 is 0. The standard InChI is InChI=1S/C21H28NSi.C17H13N2.Ir/c1-23(2,3)21-16-22-20(18-12-8-5-9-13-18)15-19(21)14-17-10-6-4-7-11-17;1-13-12-19-17(15-7-9-18-10-8-15)11-16(13)14-5-3-2-4-6-14;/h5,8-9,12,15-17H,4,6-7,10-11,14H2,1-3H3;2-7,9-12H,1H3;/q2*-1;. The molecule has 1 fully saturated rings. The average Bonchev–Trinajstić information content (AvgIpc) is 3.03. The normalized spacial score (nSPS) is 13.4. The molecule has 0 bridgehead atoms. The Hall–Kier alpha value is -3.24. The van der Waals surface area contributed by atoms with Crippen LogP contribution in [-0.4, -0.2) is 23.0 Å². The Kier molecular flexibility index (Phi) is 11.8. The third-order valence-electron chi connectivity index (χ3n) is 8.10. The number of hydrogen-bond donors (Lipinski definition) is 0. The Labute approximate surface area is 272 Å². The van der Waals surface area contributed by atoms with Crippen molar-refractivity contribution in [2.24, 2.45) is 5.92 Å². The minimum Gasteiger partial charge on any atom is -0.320 e. The largest absolute Gasteiger partial charge is 0.320 e. The van der Waals surface area contributed by atoms with E-state index >= 15 is 0 Å². The number of rotatable bonds is 6. The molecule has 3 heterocycles. The molecule has 1 aliphatic rings. The summed E-state index contributed by atoms with van der Waals surface area (Å²) in [7, 11) is -1.36. The maximum Gasteiger partial charge on any atom is 0.0798 e. The van der Waals surface area contributed by atoms with Crippen LogP contribution in [-0.2, 0) is 26.5 Å². The zero-order valence-electron chi connectivity index (χ0n) is 25.7. The maximum absolute atomic E-state index is 4.77. The van der Waals surface area contributed by atoms with E-state index in [0.29, 0.717) is 0 Å². The van der Waals surface area contributed by atoms with Gasteiger partial charge in [-0.05, 0) is 64.9 Å². The van der Waals surface area contributed by atoms with E-state index in [2.05, 4.69) is 91.3 Å². The second kappa shape index (κ2) is 15.5. The molecule has 0 aliphatic heterocycles. The maximum atomic E-state index is 4.77. The molecule has 5 heteroatoms. The fraction of sp³-hybridized carbons (Fsp3) is 0.289. The molecule has 0 saturated heterocycles. The van der Waals surface area contributed by atoms with Crippen LogP contribution >= 0.6 is 0 Å². The van der Waals surface area contributed by atoms with Gasteiger partial charge in [-0.2, -0.15) is 11.6 Å². The van der Waals surface area contributed by atoms with Gasteiger partial charge in [0.1, 0.15) is 0 Å². The summed E-state index contributed by atoms with van der Waals surface area (Å²) in [5, 5.41) is 1.54. The molecule has 1 aliphatic carbocycles. The first-order chi connectivity index (χ1) is 20.4. The van der Waals surface area contributed by atoms with E-state index in [4.69, 9.17) is 4.98 Å². The zero-order chi connectivity index (χ0) is 29.4. The molecule has 0 spiro atoms. The molecule has 0 unspecified atom stereocenters. The fourth-order valence-electron chi connectivity index (χ4n) is 5.82. The molecule has 6 rings (SSSR count). The van der Waals surface area contributed by atoms with Crippen LogP contribution in [0.3, 0.4) is 0 Å². The Morgan fingerprint density at radius 1 is 0.791 bits per heavy atom. The van der Waals surface area contributed by atoms with Crippen LogP contribution in [0.5, 0.6) is 0 Å². The Morgan fingerprint density at radius 2 is 1.49 bits per heavy atom. The van der Waals surface area contributed by atoms with Crippen molar-refractivity contribution in [3.8, 4) is 33.6 Å². The number of aryl methyl sites for hydroxylation is 1. The third kappa shape index (κ3) is 8.89. The minimum atomic E-state index is -1.36. The van der Waals surface area contributed by atoms with Gasteiger partial charge >= 0.3 is 0 Å². The Balaban J connectivity index is 0.000000195. The van der Waals surface area contributed by atoms with Gasteiger partial charge < -0.3 is 9.97 Å². The van der Waals surface area contributed by atoms with E-state index in [1.54, 1.807) is 23.1 Å². The quantitative estimate of drug-likeness (QED) is 0.128. The summed E-state index contributed by atoms with van der Waals surface area (Å²) in [6.45, 7) is 9.38. The summed E-state index contributed by atoms with van der Waals surface area (Å²) in [5.41, 5.74) is 9.22. The molecule has 1 saturated carbocycles. The van der Waals surface area contributed by atoms with E-state index in [1.807, 2.05) is 42.6 Å². The molecule has 0 atom stereocenters. The van der Waals surface area contributed by atoms with Gasteiger partial charge in [-0.25, -0.2) is 0 Å². The van der Waals surface area contributed by atoms with Crippen molar-refractivity contribution >= 4 is 13.3 Å². The summed E-state index contributed by atoms with van der Waals surface area (Å²) >= 11 is 0. The summed E-state index contributed by atoms with van der Waals surface area (Å²) in [4.78, 5) is 13.2. The van der Waals surface area contributed by atoms with Gasteiger partial charge in [-0.3, -0.25) is 4.98 Å². The number of benzene rings is 2. The van der Waals surface area contributed by atoms with Crippen molar-refractivity contribution in [1.29, 1.82) is 0 Å². The monoisotopic (exact) mass is 760 g/mol. The van der Waals surface area contributed by atoms with Crippen molar-refractivity contribution in [1.82, 2.24) is 15.0 Å². The Bertz CT molecular complexity index is 1560. The van der Waals surface area contributed by atoms with Crippen LogP contribution in [0.2, 0.25) is 19.6 Å². The predicted octanol–water partition coefficient (Wildman–Crippen LogP) is 9.13. The van der Waals surface area contributed by atoms with Gasteiger partial charge in [-0.15, -0.1) is 42.0 Å². The summed E-state index contributed by atoms with van der Waals surface area (Å²) in [5.74, 6) is 0.869. The van der Waals surface area contributed by atoms with Crippen LogP contribution in [0.15, 0.2) is 97.6 Å². The molecule has 3 aromatic heterocycles. The molecule has 1 radical (unpaired) electrons.